The summed E-state index contributed by atoms with van der Waals surface area (Å²) < 4.78 is 0. The average molecular weight is 239 g/mol. The summed E-state index contributed by atoms with van der Waals surface area (Å²) in [4.78, 5) is 13.7. The van der Waals surface area contributed by atoms with E-state index in [4.69, 9.17) is 0 Å². The molecule has 2 nitrogen and oxygen atoms in total. The lowest BCUT2D eigenvalue weighted by molar-refractivity contribution is 0.0828. The molecule has 0 aliphatic rings. The molecule has 2 rings (SSSR count). The van der Waals surface area contributed by atoms with Gasteiger partial charge in [0.05, 0.1) is 0 Å². The third-order valence-electron chi connectivity index (χ3n) is 2.93. The first kappa shape index (κ1) is 12.4. The van der Waals surface area contributed by atoms with Crippen LogP contribution in [0.1, 0.15) is 15.9 Å². The van der Waals surface area contributed by atoms with Crippen molar-refractivity contribution in [2.24, 2.45) is 0 Å². The normalized spacial score (nSPS) is 10.2. The summed E-state index contributed by atoms with van der Waals surface area (Å²) in [5.74, 6) is 0.0335. The van der Waals surface area contributed by atoms with Gasteiger partial charge in [-0.2, -0.15) is 0 Å². The van der Waals surface area contributed by atoms with Crippen LogP contribution in [0.5, 0.6) is 0 Å². The molecular weight excluding hydrogens is 222 g/mol. The Morgan fingerprint density at radius 1 is 0.944 bits per heavy atom. The molecule has 1 amide bonds. The van der Waals surface area contributed by atoms with E-state index in [1.54, 1.807) is 19.0 Å². The van der Waals surface area contributed by atoms with Crippen molar-refractivity contribution in [3.05, 3.63) is 59.7 Å². The van der Waals surface area contributed by atoms with Crippen LogP contribution in [0, 0.1) is 6.92 Å². The third-order valence-corrected chi connectivity index (χ3v) is 2.93. The molecule has 18 heavy (non-hydrogen) atoms. The van der Waals surface area contributed by atoms with Crippen molar-refractivity contribution in [3.63, 3.8) is 0 Å². The van der Waals surface area contributed by atoms with Gasteiger partial charge in [0.1, 0.15) is 0 Å². The van der Waals surface area contributed by atoms with Gasteiger partial charge in [-0.3, -0.25) is 4.79 Å². The first-order chi connectivity index (χ1) is 8.59. The molecule has 0 radical (unpaired) electrons. The molecule has 0 aromatic heterocycles. The van der Waals surface area contributed by atoms with Gasteiger partial charge in [-0.25, -0.2) is 0 Å². The fourth-order valence-corrected chi connectivity index (χ4v) is 1.90. The number of aryl methyl sites for hydroxylation is 1. The number of rotatable bonds is 2. The summed E-state index contributed by atoms with van der Waals surface area (Å²) >= 11 is 0. The van der Waals surface area contributed by atoms with Gasteiger partial charge in [0, 0.05) is 19.7 Å². The minimum absolute atomic E-state index is 0.0335. The highest BCUT2D eigenvalue weighted by atomic mass is 16.2. The lowest BCUT2D eigenvalue weighted by atomic mass is 9.98. The highest BCUT2D eigenvalue weighted by molar-refractivity contribution is 6.00. The molecule has 0 spiro atoms. The lowest BCUT2D eigenvalue weighted by Crippen LogP contribution is -2.22. The number of hydrogen-bond donors (Lipinski definition) is 0. The molecule has 0 unspecified atom stereocenters. The van der Waals surface area contributed by atoms with E-state index in [1.807, 2.05) is 24.3 Å². The molecule has 0 bridgehead atoms. The Balaban J connectivity index is 2.51. The van der Waals surface area contributed by atoms with Gasteiger partial charge < -0.3 is 4.90 Å². The van der Waals surface area contributed by atoms with Gasteiger partial charge in [0.25, 0.3) is 5.91 Å². The number of hydrogen-bond acceptors (Lipinski definition) is 1. The molecule has 0 N–H and O–H groups in total. The van der Waals surface area contributed by atoms with Gasteiger partial charge in [0.15, 0.2) is 0 Å². The van der Waals surface area contributed by atoms with E-state index in [1.165, 1.54) is 5.56 Å². The standard InChI is InChI=1S/C16H17NO/c1-12-8-10-13(11-9-12)14-6-4-5-7-15(14)16(18)17(2)3/h4-11H,1-3H3. The van der Waals surface area contributed by atoms with Gasteiger partial charge >= 0.3 is 0 Å². The van der Waals surface area contributed by atoms with Crippen molar-refractivity contribution in [3.8, 4) is 11.1 Å². The molecule has 92 valence electrons. The second kappa shape index (κ2) is 5.05. The quantitative estimate of drug-likeness (QED) is 0.787. The number of amides is 1. The minimum Gasteiger partial charge on any atom is -0.345 e. The Morgan fingerprint density at radius 3 is 2.17 bits per heavy atom. The molecule has 0 saturated carbocycles. The van der Waals surface area contributed by atoms with Crippen LogP contribution < -0.4 is 0 Å². The Labute approximate surface area is 108 Å². The maximum atomic E-state index is 12.1. The number of nitrogens with zero attached hydrogens (tertiary/aromatic N) is 1. The Morgan fingerprint density at radius 2 is 1.56 bits per heavy atom. The summed E-state index contributed by atoms with van der Waals surface area (Å²) in [6.45, 7) is 2.06. The summed E-state index contributed by atoms with van der Waals surface area (Å²) in [5.41, 5.74) is 4.02. The molecule has 2 aromatic rings. The summed E-state index contributed by atoms with van der Waals surface area (Å²) in [6.07, 6.45) is 0. The van der Waals surface area contributed by atoms with E-state index in [2.05, 4.69) is 31.2 Å². The fraction of sp³-hybridized carbons (Fsp3) is 0.188. The Hall–Kier alpha value is -2.09. The SMILES string of the molecule is Cc1ccc(-c2ccccc2C(=O)N(C)C)cc1. The first-order valence-corrected chi connectivity index (χ1v) is 5.97. The topological polar surface area (TPSA) is 20.3 Å². The van der Waals surface area contributed by atoms with Crippen LogP contribution in [0.4, 0.5) is 0 Å². The second-order valence-electron chi connectivity index (χ2n) is 4.61. The van der Waals surface area contributed by atoms with Crippen LogP contribution in [0.3, 0.4) is 0 Å². The van der Waals surface area contributed by atoms with E-state index >= 15 is 0 Å². The molecule has 0 aliphatic heterocycles. The summed E-state index contributed by atoms with van der Waals surface area (Å²) in [7, 11) is 3.54. The van der Waals surface area contributed by atoms with E-state index in [0.717, 1.165) is 16.7 Å². The van der Waals surface area contributed by atoms with Crippen molar-refractivity contribution in [2.75, 3.05) is 14.1 Å². The predicted molar refractivity (Wildman–Crippen MR) is 74.6 cm³/mol. The molecule has 2 aromatic carbocycles. The van der Waals surface area contributed by atoms with Crippen molar-refractivity contribution >= 4 is 5.91 Å². The minimum atomic E-state index is 0.0335. The van der Waals surface area contributed by atoms with Gasteiger partial charge in [0.2, 0.25) is 0 Å². The summed E-state index contributed by atoms with van der Waals surface area (Å²) in [6, 6.07) is 15.9. The number of carbonyl (C=O) groups is 1. The largest absolute Gasteiger partial charge is 0.345 e. The second-order valence-corrected chi connectivity index (χ2v) is 4.61. The van der Waals surface area contributed by atoms with Gasteiger partial charge in [-0.15, -0.1) is 0 Å². The van der Waals surface area contributed by atoms with Crippen molar-refractivity contribution in [1.82, 2.24) is 4.90 Å². The van der Waals surface area contributed by atoms with Crippen LogP contribution in [-0.2, 0) is 0 Å². The van der Waals surface area contributed by atoms with Crippen molar-refractivity contribution in [2.45, 2.75) is 6.92 Å². The molecule has 2 heteroatoms. The highest BCUT2D eigenvalue weighted by Crippen LogP contribution is 2.24. The smallest absolute Gasteiger partial charge is 0.253 e. The van der Waals surface area contributed by atoms with Crippen LogP contribution in [0.2, 0.25) is 0 Å². The zero-order chi connectivity index (χ0) is 13.1. The molecular formula is C16H17NO. The Kier molecular flexibility index (Phi) is 3.47. The highest BCUT2D eigenvalue weighted by Gasteiger charge is 2.13. The van der Waals surface area contributed by atoms with Crippen LogP contribution in [0.15, 0.2) is 48.5 Å². The Bertz CT molecular complexity index is 556. The zero-order valence-corrected chi connectivity index (χ0v) is 11.0. The average Bonchev–Trinajstić information content (AvgIpc) is 2.39. The third kappa shape index (κ3) is 2.43. The molecule has 0 atom stereocenters. The molecule has 0 saturated heterocycles. The van der Waals surface area contributed by atoms with Gasteiger partial charge in [-0.1, -0.05) is 48.0 Å². The van der Waals surface area contributed by atoms with Crippen LogP contribution in [0.25, 0.3) is 11.1 Å². The van der Waals surface area contributed by atoms with E-state index in [-0.39, 0.29) is 5.91 Å². The predicted octanol–water partition coefficient (Wildman–Crippen LogP) is 3.36. The molecule has 0 aliphatic carbocycles. The van der Waals surface area contributed by atoms with Crippen molar-refractivity contribution in [1.29, 1.82) is 0 Å². The molecule has 0 heterocycles. The maximum Gasteiger partial charge on any atom is 0.253 e. The van der Waals surface area contributed by atoms with Crippen LogP contribution in [-0.4, -0.2) is 24.9 Å². The lowest BCUT2D eigenvalue weighted by Gasteiger charge is -2.14. The maximum absolute atomic E-state index is 12.1. The van der Waals surface area contributed by atoms with E-state index < -0.39 is 0 Å². The fourth-order valence-electron chi connectivity index (χ4n) is 1.90. The van der Waals surface area contributed by atoms with E-state index in [9.17, 15) is 4.79 Å². The summed E-state index contributed by atoms with van der Waals surface area (Å²) in [5, 5.41) is 0. The monoisotopic (exact) mass is 239 g/mol. The van der Waals surface area contributed by atoms with E-state index in [0.29, 0.717) is 0 Å². The van der Waals surface area contributed by atoms with Crippen molar-refractivity contribution < 1.29 is 4.79 Å². The van der Waals surface area contributed by atoms with Gasteiger partial charge in [-0.05, 0) is 24.1 Å². The molecule has 0 fully saturated rings. The number of benzene rings is 2. The van der Waals surface area contributed by atoms with Crippen LogP contribution >= 0.6 is 0 Å². The zero-order valence-electron chi connectivity index (χ0n) is 11.0. The number of carbonyl (C=O) groups excluding carboxylic acids is 1. The first-order valence-electron chi connectivity index (χ1n) is 5.97.